The van der Waals surface area contributed by atoms with Gasteiger partial charge in [0.1, 0.15) is 0 Å². The normalized spacial score (nSPS) is 17.5. The van der Waals surface area contributed by atoms with Gasteiger partial charge in [-0.15, -0.1) is 0 Å². The molecule has 0 amide bonds. The Labute approximate surface area is 134 Å². The number of aromatic nitrogens is 2. The molecule has 1 aromatic carbocycles. The van der Waals surface area contributed by atoms with E-state index in [-0.39, 0.29) is 22.6 Å². The molecule has 1 unspecified atom stereocenters. The van der Waals surface area contributed by atoms with Crippen LogP contribution in [-0.2, 0) is 10.9 Å². The average molecular weight is 342 g/mol. The molecule has 0 spiro atoms. The van der Waals surface area contributed by atoms with E-state index < -0.39 is 29.1 Å². The molecule has 1 atom stereocenters. The first kappa shape index (κ1) is 16.8. The summed E-state index contributed by atoms with van der Waals surface area (Å²) in [6, 6.07) is 1.96. The zero-order chi connectivity index (χ0) is 17.5. The van der Waals surface area contributed by atoms with E-state index in [1.54, 1.807) is 6.92 Å². The molecule has 1 aliphatic carbocycles. The fourth-order valence-electron chi connectivity index (χ4n) is 3.20. The van der Waals surface area contributed by atoms with Crippen LogP contribution in [0, 0.1) is 0 Å². The minimum atomic E-state index is -4.61. The van der Waals surface area contributed by atoms with Gasteiger partial charge in [-0.25, -0.2) is 4.79 Å². The zero-order valence-corrected chi connectivity index (χ0v) is 13.0. The first-order valence-corrected chi connectivity index (χ1v) is 7.78. The molecule has 1 saturated carbocycles. The SMILES string of the molecule is CC(OC1CCCC1)c1cc2c(=O)[nH]c(=O)[nH]c2cc1C(F)(F)F. The summed E-state index contributed by atoms with van der Waals surface area (Å²) in [6.45, 7) is 1.55. The summed E-state index contributed by atoms with van der Waals surface area (Å²) in [5, 5.41) is -0.000489. The molecule has 2 aromatic rings. The van der Waals surface area contributed by atoms with Crippen LogP contribution in [0.1, 0.15) is 49.8 Å². The number of nitrogens with one attached hydrogen (secondary N) is 2. The van der Waals surface area contributed by atoms with E-state index in [9.17, 15) is 22.8 Å². The summed E-state index contributed by atoms with van der Waals surface area (Å²) in [6.07, 6.45) is -1.83. The van der Waals surface area contributed by atoms with Gasteiger partial charge in [0.15, 0.2) is 0 Å². The second kappa shape index (κ2) is 6.08. The summed E-state index contributed by atoms with van der Waals surface area (Å²) in [5.41, 5.74) is -2.71. The number of alkyl halides is 3. The second-order valence-electron chi connectivity index (χ2n) is 6.08. The monoisotopic (exact) mass is 342 g/mol. The molecule has 2 N–H and O–H groups in total. The lowest BCUT2D eigenvalue weighted by atomic mass is 9.99. The molecule has 0 saturated heterocycles. The van der Waals surface area contributed by atoms with Crippen molar-refractivity contribution in [2.75, 3.05) is 0 Å². The van der Waals surface area contributed by atoms with E-state index in [1.807, 2.05) is 4.98 Å². The standard InChI is InChI=1S/C16H17F3N2O3/c1-8(24-9-4-2-3-5-9)10-6-11-13(7-12(10)16(17,18)19)20-15(23)21-14(11)22/h6-9H,2-5H2,1H3,(H2,20,21,22,23). The van der Waals surface area contributed by atoms with Crippen LogP contribution < -0.4 is 11.2 Å². The van der Waals surface area contributed by atoms with E-state index in [0.717, 1.165) is 37.8 Å². The molecule has 0 bridgehead atoms. The van der Waals surface area contributed by atoms with Crippen molar-refractivity contribution in [3.8, 4) is 0 Å². The van der Waals surface area contributed by atoms with Gasteiger partial charge >= 0.3 is 11.9 Å². The maximum Gasteiger partial charge on any atom is 0.416 e. The second-order valence-corrected chi connectivity index (χ2v) is 6.08. The van der Waals surface area contributed by atoms with Gasteiger partial charge in [-0.2, -0.15) is 13.2 Å². The molecule has 130 valence electrons. The lowest BCUT2D eigenvalue weighted by Gasteiger charge is -2.22. The average Bonchev–Trinajstić information content (AvgIpc) is 2.97. The van der Waals surface area contributed by atoms with Crippen molar-refractivity contribution in [3.63, 3.8) is 0 Å². The summed E-state index contributed by atoms with van der Waals surface area (Å²) in [4.78, 5) is 27.4. The summed E-state index contributed by atoms with van der Waals surface area (Å²) in [5.74, 6) is 0. The molecule has 0 aliphatic heterocycles. The quantitative estimate of drug-likeness (QED) is 0.899. The largest absolute Gasteiger partial charge is 0.416 e. The van der Waals surface area contributed by atoms with Gasteiger partial charge in [-0.3, -0.25) is 9.78 Å². The van der Waals surface area contributed by atoms with E-state index in [0.29, 0.717) is 0 Å². The van der Waals surface area contributed by atoms with E-state index >= 15 is 0 Å². The lowest BCUT2D eigenvalue weighted by Crippen LogP contribution is -2.23. The van der Waals surface area contributed by atoms with Crippen LogP contribution in [0.25, 0.3) is 10.9 Å². The van der Waals surface area contributed by atoms with Crippen molar-refractivity contribution in [1.82, 2.24) is 9.97 Å². The third kappa shape index (κ3) is 3.24. The number of fused-ring (bicyclic) bond motifs is 1. The number of aromatic amines is 2. The van der Waals surface area contributed by atoms with Crippen molar-refractivity contribution < 1.29 is 17.9 Å². The third-order valence-electron chi connectivity index (χ3n) is 4.35. The van der Waals surface area contributed by atoms with Gasteiger partial charge in [0.25, 0.3) is 5.56 Å². The van der Waals surface area contributed by atoms with Crippen molar-refractivity contribution in [2.24, 2.45) is 0 Å². The molecule has 1 aliphatic rings. The number of hydrogen-bond donors (Lipinski definition) is 2. The molecule has 1 heterocycles. The Hall–Kier alpha value is -2.09. The smallest absolute Gasteiger partial charge is 0.371 e. The number of ether oxygens (including phenoxy) is 1. The molecule has 8 heteroatoms. The predicted molar refractivity (Wildman–Crippen MR) is 81.9 cm³/mol. The fraction of sp³-hybridized carbons (Fsp3) is 0.500. The maximum atomic E-state index is 13.4. The number of H-pyrrole nitrogens is 2. The van der Waals surface area contributed by atoms with Gasteiger partial charge < -0.3 is 9.72 Å². The Morgan fingerprint density at radius 2 is 1.83 bits per heavy atom. The minimum Gasteiger partial charge on any atom is -0.371 e. The van der Waals surface area contributed by atoms with E-state index in [4.69, 9.17) is 4.74 Å². The molecule has 3 rings (SSSR count). The lowest BCUT2D eigenvalue weighted by molar-refractivity contribution is -0.139. The van der Waals surface area contributed by atoms with Crippen LogP contribution in [0.2, 0.25) is 0 Å². The molecular weight excluding hydrogens is 325 g/mol. The first-order chi connectivity index (χ1) is 11.3. The Bertz CT molecular complexity index is 863. The highest BCUT2D eigenvalue weighted by atomic mass is 19.4. The van der Waals surface area contributed by atoms with Crippen LogP contribution in [0.3, 0.4) is 0 Å². The highest BCUT2D eigenvalue weighted by Crippen LogP contribution is 2.38. The molecule has 5 nitrogen and oxygen atoms in total. The number of halogens is 3. The maximum absolute atomic E-state index is 13.4. The van der Waals surface area contributed by atoms with E-state index in [2.05, 4.69) is 4.98 Å². The van der Waals surface area contributed by atoms with Gasteiger partial charge in [0, 0.05) is 0 Å². The predicted octanol–water partition coefficient (Wildman–Crippen LogP) is 3.26. The number of hydrogen-bond acceptors (Lipinski definition) is 3. The Kier molecular flexibility index (Phi) is 4.25. The van der Waals surface area contributed by atoms with Crippen LogP contribution >= 0.6 is 0 Å². The van der Waals surface area contributed by atoms with Crippen LogP contribution in [0.5, 0.6) is 0 Å². The van der Waals surface area contributed by atoms with Crippen LogP contribution in [0.15, 0.2) is 21.7 Å². The molecular formula is C16H17F3N2O3. The molecule has 0 radical (unpaired) electrons. The molecule has 24 heavy (non-hydrogen) atoms. The topological polar surface area (TPSA) is 75.0 Å². The zero-order valence-electron chi connectivity index (χ0n) is 13.0. The van der Waals surface area contributed by atoms with Crippen molar-refractivity contribution >= 4 is 10.9 Å². The summed E-state index contributed by atoms with van der Waals surface area (Å²) >= 11 is 0. The highest BCUT2D eigenvalue weighted by molar-refractivity contribution is 5.79. The summed E-state index contributed by atoms with van der Waals surface area (Å²) in [7, 11) is 0. The third-order valence-corrected chi connectivity index (χ3v) is 4.35. The van der Waals surface area contributed by atoms with Crippen LogP contribution in [-0.4, -0.2) is 16.1 Å². The van der Waals surface area contributed by atoms with E-state index in [1.165, 1.54) is 0 Å². The van der Waals surface area contributed by atoms with Crippen LogP contribution in [0.4, 0.5) is 13.2 Å². The Balaban J connectivity index is 2.13. The Morgan fingerprint density at radius 3 is 2.46 bits per heavy atom. The molecule has 1 aromatic heterocycles. The number of rotatable bonds is 3. The first-order valence-electron chi connectivity index (χ1n) is 7.78. The summed E-state index contributed by atoms with van der Waals surface area (Å²) < 4.78 is 46.0. The molecule has 1 fully saturated rings. The van der Waals surface area contributed by atoms with Gasteiger partial charge in [-0.1, -0.05) is 12.8 Å². The van der Waals surface area contributed by atoms with Gasteiger partial charge in [0.05, 0.1) is 28.7 Å². The van der Waals surface area contributed by atoms with Crippen molar-refractivity contribution in [2.45, 2.75) is 51.0 Å². The van der Waals surface area contributed by atoms with Crippen molar-refractivity contribution in [1.29, 1.82) is 0 Å². The highest BCUT2D eigenvalue weighted by Gasteiger charge is 2.36. The fourth-order valence-corrected chi connectivity index (χ4v) is 3.20. The Morgan fingerprint density at radius 1 is 1.17 bits per heavy atom. The minimum absolute atomic E-state index is 0.000489. The van der Waals surface area contributed by atoms with Gasteiger partial charge in [-0.05, 0) is 37.5 Å². The van der Waals surface area contributed by atoms with Gasteiger partial charge in [0.2, 0.25) is 0 Å². The number of benzene rings is 1. The van der Waals surface area contributed by atoms with Crippen molar-refractivity contribution in [3.05, 3.63) is 44.1 Å².